The molecule has 0 aromatic heterocycles. The molecule has 0 saturated heterocycles. The number of aliphatic imine (C=N–C) groups is 1. The minimum atomic E-state index is -0.327. The quantitative estimate of drug-likeness (QED) is 0.789. The summed E-state index contributed by atoms with van der Waals surface area (Å²) in [6.07, 6.45) is 7.57. The van der Waals surface area contributed by atoms with Crippen molar-refractivity contribution >= 4 is 17.8 Å². The van der Waals surface area contributed by atoms with E-state index in [1.165, 1.54) is 11.1 Å². The van der Waals surface area contributed by atoms with Crippen LogP contribution in [0.25, 0.3) is 0 Å². The van der Waals surface area contributed by atoms with E-state index in [9.17, 15) is 9.59 Å². The van der Waals surface area contributed by atoms with Crippen molar-refractivity contribution in [2.75, 3.05) is 13.1 Å². The molecule has 1 atom stereocenters. The van der Waals surface area contributed by atoms with E-state index in [0.717, 1.165) is 11.3 Å². The molecule has 0 bridgehead atoms. The summed E-state index contributed by atoms with van der Waals surface area (Å²) in [4.78, 5) is 31.6. The maximum Gasteiger partial charge on any atom is 0.341 e. The maximum atomic E-state index is 12.3. The van der Waals surface area contributed by atoms with Crippen molar-refractivity contribution < 1.29 is 9.59 Å². The number of fused-ring (bicyclic) bond motifs is 1. The topological polar surface area (TPSA) is 65.0 Å². The van der Waals surface area contributed by atoms with E-state index in [-0.39, 0.29) is 23.9 Å². The van der Waals surface area contributed by atoms with Crippen LogP contribution < -0.4 is 5.32 Å². The fourth-order valence-electron chi connectivity index (χ4n) is 2.24. The molecule has 2 rings (SSSR count). The Balaban J connectivity index is 2.35. The van der Waals surface area contributed by atoms with Gasteiger partial charge in [0.15, 0.2) is 0 Å². The Kier molecular flexibility index (Phi) is 4.32. The highest BCUT2D eigenvalue weighted by molar-refractivity contribution is 6.26. The van der Waals surface area contributed by atoms with Gasteiger partial charge in [-0.3, -0.25) is 14.7 Å². The standard InChI is InChI=1S/C15H20N4O2/c1-5-7-16-14(20)11-8-18(6-2)15(21)19-9-12(10(3)4)17-13(11)19/h2,8,10,12H,5,7,9H2,1,3-4H3,(H,16,20)/t12-/m1/s1. The number of amides is 3. The Hall–Kier alpha value is -2.29. The third kappa shape index (κ3) is 2.77. The highest BCUT2D eigenvalue weighted by atomic mass is 16.2. The van der Waals surface area contributed by atoms with Crippen LogP contribution in [0.5, 0.6) is 0 Å². The van der Waals surface area contributed by atoms with Crippen molar-refractivity contribution in [3.8, 4) is 12.5 Å². The number of terminal acetylenes is 1. The molecule has 2 aliphatic heterocycles. The first kappa shape index (κ1) is 15.1. The molecule has 0 saturated carbocycles. The van der Waals surface area contributed by atoms with Crippen LogP contribution in [0.2, 0.25) is 0 Å². The third-order valence-electron chi connectivity index (χ3n) is 3.54. The Morgan fingerprint density at radius 3 is 2.90 bits per heavy atom. The fourth-order valence-corrected chi connectivity index (χ4v) is 2.24. The molecule has 0 aliphatic carbocycles. The lowest BCUT2D eigenvalue weighted by molar-refractivity contribution is -0.117. The number of hydrogen-bond donors (Lipinski definition) is 1. The third-order valence-corrected chi connectivity index (χ3v) is 3.54. The summed E-state index contributed by atoms with van der Waals surface area (Å²) in [5, 5.41) is 2.80. The molecule has 0 unspecified atom stereocenters. The van der Waals surface area contributed by atoms with Gasteiger partial charge in [0.2, 0.25) is 0 Å². The summed E-state index contributed by atoms with van der Waals surface area (Å²) in [7, 11) is 0. The van der Waals surface area contributed by atoms with Crippen molar-refractivity contribution in [1.82, 2.24) is 15.1 Å². The molecule has 2 heterocycles. The smallest absolute Gasteiger partial charge is 0.341 e. The zero-order chi connectivity index (χ0) is 15.6. The van der Waals surface area contributed by atoms with Gasteiger partial charge in [-0.25, -0.2) is 9.69 Å². The molecule has 6 heteroatoms. The summed E-state index contributed by atoms with van der Waals surface area (Å²) >= 11 is 0. The van der Waals surface area contributed by atoms with E-state index < -0.39 is 0 Å². The van der Waals surface area contributed by atoms with E-state index in [1.807, 2.05) is 20.8 Å². The predicted octanol–water partition coefficient (Wildman–Crippen LogP) is 1.16. The van der Waals surface area contributed by atoms with Crippen LogP contribution in [0.1, 0.15) is 27.2 Å². The van der Waals surface area contributed by atoms with Crippen LogP contribution in [0.4, 0.5) is 4.79 Å². The van der Waals surface area contributed by atoms with Gasteiger partial charge < -0.3 is 5.32 Å². The lowest BCUT2D eigenvalue weighted by Crippen LogP contribution is -2.48. The molecular weight excluding hydrogens is 268 g/mol. The molecule has 112 valence electrons. The number of hydrogen-bond acceptors (Lipinski definition) is 3. The van der Waals surface area contributed by atoms with Gasteiger partial charge in [0.25, 0.3) is 5.91 Å². The molecule has 0 fully saturated rings. The molecule has 0 spiro atoms. The SMILES string of the molecule is C#CN1C=C(C(=O)NCCC)C2=N[C@@H](C(C)C)CN2C1=O. The number of urea groups is 1. The van der Waals surface area contributed by atoms with E-state index in [2.05, 4.69) is 16.4 Å². The zero-order valence-electron chi connectivity index (χ0n) is 12.6. The number of carbonyl (C=O) groups is 2. The zero-order valence-corrected chi connectivity index (χ0v) is 12.6. The Labute approximate surface area is 124 Å². The first-order valence-electron chi connectivity index (χ1n) is 7.14. The Morgan fingerprint density at radius 1 is 1.62 bits per heavy atom. The average Bonchev–Trinajstić information content (AvgIpc) is 2.91. The first-order chi connectivity index (χ1) is 9.99. The van der Waals surface area contributed by atoms with Crippen LogP contribution in [-0.4, -0.2) is 46.7 Å². The van der Waals surface area contributed by atoms with Crippen LogP contribution in [0, 0.1) is 18.4 Å². The highest BCUT2D eigenvalue weighted by Crippen LogP contribution is 2.25. The molecule has 0 aromatic rings. The summed E-state index contributed by atoms with van der Waals surface area (Å²) in [5.74, 6) is 0.465. The van der Waals surface area contributed by atoms with Gasteiger partial charge in [0.1, 0.15) is 5.84 Å². The number of rotatable bonds is 4. The molecule has 3 amide bonds. The van der Waals surface area contributed by atoms with Gasteiger partial charge in [-0.05, 0) is 12.3 Å². The molecule has 21 heavy (non-hydrogen) atoms. The van der Waals surface area contributed by atoms with Gasteiger partial charge >= 0.3 is 6.03 Å². The van der Waals surface area contributed by atoms with Crippen molar-refractivity contribution in [2.45, 2.75) is 33.2 Å². The Bertz CT molecular complexity index is 557. The second-order valence-corrected chi connectivity index (χ2v) is 5.46. The first-order valence-corrected chi connectivity index (χ1v) is 7.14. The van der Waals surface area contributed by atoms with Crippen molar-refractivity contribution in [3.63, 3.8) is 0 Å². The van der Waals surface area contributed by atoms with E-state index in [1.54, 1.807) is 0 Å². The summed E-state index contributed by atoms with van der Waals surface area (Å²) in [6.45, 7) is 7.08. The van der Waals surface area contributed by atoms with E-state index in [0.29, 0.717) is 24.5 Å². The largest absolute Gasteiger partial charge is 0.352 e. The van der Waals surface area contributed by atoms with Crippen LogP contribution in [0.15, 0.2) is 16.8 Å². The number of carbonyl (C=O) groups excluding carboxylic acids is 2. The van der Waals surface area contributed by atoms with Gasteiger partial charge in [0.05, 0.1) is 18.2 Å². The van der Waals surface area contributed by atoms with Crippen molar-refractivity contribution in [3.05, 3.63) is 11.8 Å². The second kappa shape index (κ2) is 6.00. The number of amidine groups is 1. The molecule has 0 radical (unpaired) electrons. The lowest BCUT2D eigenvalue weighted by atomic mass is 10.1. The van der Waals surface area contributed by atoms with E-state index >= 15 is 0 Å². The fraction of sp³-hybridized carbons (Fsp3) is 0.533. The van der Waals surface area contributed by atoms with Crippen LogP contribution >= 0.6 is 0 Å². The van der Waals surface area contributed by atoms with Gasteiger partial charge in [-0.15, -0.1) is 0 Å². The predicted molar refractivity (Wildman–Crippen MR) is 80.2 cm³/mol. The maximum absolute atomic E-state index is 12.3. The van der Waals surface area contributed by atoms with Crippen molar-refractivity contribution in [1.29, 1.82) is 0 Å². The number of nitrogens with zero attached hydrogens (tertiary/aromatic N) is 3. The minimum Gasteiger partial charge on any atom is -0.352 e. The Morgan fingerprint density at radius 2 is 2.33 bits per heavy atom. The highest BCUT2D eigenvalue weighted by Gasteiger charge is 2.40. The monoisotopic (exact) mass is 288 g/mol. The molecule has 2 aliphatic rings. The van der Waals surface area contributed by atoms with Crippen molar-refractivity contribution in [2.24, 2.45) is 10.9 Å². The van der Waals surface area contributed by atoms with Gasteiger partial charge in [0, 0.05) is 18.8 Å². The lowest BCUT2D eigenvalue weighted by Gasteiger charge is -2.28. The minimum absolute atomic E-state index is 0.0101. The molecule has 0 aromatic carbocycles. The second-order valence-electron chi connectivity index (χ2n) is 5.46. The summed E-state index contributed by atoms with van der Waals surface area (Å²) in [6, 6.07) is 1.94. The molecular formula is C15H20N4O2. The summed E-state index contributed by atoms with van der Waals surface area (Å²) in [5.41, 5.74) is 0.351. The average molecular weight is 288 g/mol. The number of nitrogens with one attached hydrogen (secondary N) is 1. The summed E-state index contributed by atoms with van der Waals surface area (Å²) < 4.78 is 0. The molecule has 1 N–H and O–H groups in total. The van der Waals surface area contributed by atoms with E-state index in [4.69, 9.17) is 6.42 Å². The molecule has 6 nitrogen and oxygen atoms in total. The van der Waals surface area contributed by atoms with Crippen LogP contribution in [0.3, 0.4) is 0 Å². The van der Waals surface area contributed by atoms with Gasteiger partial charge in [-0.2, -0.15) is 0 Å². The normalized spacial score (nSPS) is 20.9. The van der Waals surface area contributed by atoms with Gasteiger partial charge in [-0.1, -0.05) is 27.2 Å². The van der Waals surface area contributed by atoms with Crippen LogP contribution in [-0.2, 0) is 4.79 Å².